The van der Waals surface area contributed by atoms with E-state index in [1.807, 2.05) is 60.7 Å². The highest BCUT2D eigenvalue weighted by molar-refractivity contribution is 8.16. The molecular formula is C22H28O6S2. The fraction of sp³-hybridized carbons (Fsp3) is 0.409. The Morgan fingerprint density at radius 3 is 1.73 bits per heavy atom. The molecule has 0 radical (unpaired) electrons. The number of aliphatic hydroxyl groups excluding tert-OH is 4. The van der Waals surface area contributed by atoms with Gasteiger partial charge in [-0.3, -0.25) is 4.79 Å². The predicted octanol–water partition coefficient (Wildman–Crippen LogP) is 2.19. The number of esters is 1. The molecule has 0 unspecified atom stereocenters. The Bertz CT molecular complexity index is 702. The lowest BCUT2D eigenvalue weighted by Gasteiger charge is -2.33. The molecule has 2 rings (SSSR count). The van der Waals surface area contributed by atoms with Crippen LogP contribution in [0.2, 0.25) is 0 Å². The molecular weight excluding hydrogens is 424 g/mol. The molecule has 0 bridgehead atoms. The molecule has 0 aliphatic carbocycles. The maximum absolute atomic E-state index is 11.6. The van der Waals surface area contributed by atoms with Crippen LogP contribution < -0.4 is 0 Å². The zero-order valence-electron chi connectivity index (χ0n) is 16.7. The quantitative estimate of drug-likeness (QED) is 0.287. The van der Waals surface area contributed by atoms with Gasteiger partial charge in [-0.25, -0.2) is 0 Å². The number of hydrogen-bond acceptors (Lipinski definition) is 8. The Hall–Kier alpha value is -1.55. The van der Waals surface area contributed by atoms with Crippen LogP contribution in [0.25, 0.3) is 0 Å². The van der Waals surface area contributed by atoms with Crippen molar-refractivity contribution in [3.8, 4) is 0 Å². The SMILES string of the molecule is CC(=O)O[C@@H]([C@@H](O)[C@H](O)CO)[C@H](O)C(SCc1ccccc1)SCc1ccccc1. The van der Waals surface area contributed by atoms with Crippen molar-refractivity contribution in [1.29, 1.82) is 0 Å². The van der Waals surface area contributed by atoms with Crippen LogP contribution in [0.1, 0.15) is 18.1 Å². The summed E-state index contributed by atoms with van der Waals surface area (Å²) in [6.07, 6.45) is -5.80. The van der Waals surface area contributed by atoms with Crippen LogP contribution in [0.4, 0.5) is 0 Å². The molecule has 30 heavy (non-hydrogen) atoms. The maximum atomic E-state index is 11.6. The van der Waals surface area contributed by atoms with Crippen molar-refractivity contribution in [1.82, 2.24) is 0 Å². The molecule has 4 atom stereocenters. The molecule has 0 amide bonds. The van der Waals surface area contributed by atoms with Crippen molar-refractivity contribution in [3.05, 3.63) is 71.8 Å². The minimum Gasteiger partial charge on any atom is -0.457 e. The minimum atomic E-state index is -1.62. The van der Waals surface area contributed by atoms with Crippen LogP contribution >= 0.6 is 23.5 Å². The second-order valence-electron chi connectivity index (χ2n) is 6.77. The molecule has 0 aromatic heterocycles. The summed E-state index contributed by atoms with van der Waals surface area (Å²) in [4.78, 5) is 11.6. The Morgan fingerprint density at radius 1 is 0.867 bits per heavy atom. The molecule has 0 heterocycles. The van der Waals surface area contributed by atoms with Crippen LogP contribution in [0.5, 0.6) is 0 Å². The third kappa shape index (κ3) is 7.94. The summed E-state index contributed by atoms with van der Waals surface area (Å²) in [6.45, 7) is 0.450. The standard InChI is InChI=1S/C22H28O6S2/c1-15(24)28-21(19(26)18(25)12-23)20(27)22(29-13-16-8-4-2-5-9-16)30-14-17-10-6-3-7-11-17/h2-11,18-23,25-27H,12-14H2,1H3/t18-,19+,20+,21+/m1/s1. The van der Waals surface area contributed by atoms with Gasteiger partial charge in [0.05, 0.1) is 11.2 Å². The largest absolute Gasteiger partial charge is 0.457 e. The molecule has 0 aliphatic heterocycles. The van der Waals surface area contributed by atoms with Crippen molar-refractivity contribution in [3.63, 3.8) is 0 Å². The van der Waals surface area contributed by atoms with E-state index in [-0.39, 0.29) is 0 Å². The molecule has 0 aliphatic rings. The van der Waals surface area contributed by atoms with Gasteiger partial charge in [-0.05, 0) is 11.1 Å². The topological polar surface area (TPSA) is 107 Å². The van der Waals surface area contributed by atoms with E-state index in [4.69, 9.17) is 4.74 Å². The predicted molar refractivity (Wildman–Crippen MR) is 120 cm³/mol. The molecule has 4 N–H and O–H groups in total. The molecule has 0 spiro atoms. The fourth-order valence-corrected chi connectivity index (χ4v) is 5.36. The molecule has 0 fully saturated rings. The molecule has 2 aromatic rings. The summed E-state index contributed by atoms with van der Waals surface area (Å²) in [6, 6.07) is 19.5. The number of hydrogen-bond donors (Lipinski definition) is 4. The van der Waals surface area contributed by atoms with E-state index in [1.165, 1.54) is 30.4 Å². The summed E-state index contributed by atoms with van der Waals surface area (Å²) < 4.78 is 4.68. The average molecular weight is 453 g/mol. The van der Waals surface area contributed by atoms with Crippen LogP contribution in [0, 0.1) is 0 Å². The second kappa shape index (κ2) is 13.0. The summed E-state index contributed by atoms with van der Waals surface area (Å²) in [7, 11) is 0. The van der Waals surface area contributed by atoms with Gasteiger partial charge < -0.3 is 25.2 Å². The van der Waals surface area contributed by atoms with E-state index in [0.29, 0.717) is 11.5 Å². The minimum absolute atomic E-state index is 0.463. The lowest BCUT2D eigenvalue weighted by atomic mass is 10.0. The Morgan fingerprint density at radius 2 is 1.33 bits per heavy atom. The third-order valence-electron chi connectivity index (χ3n) is 4.35. The fourth-order valence-electron chi connectivity index (χ4n) is 2.77. The van der Waals surface area contributed by atoms with E-state index in [2.05, 4.69) is 0 Å². The normalized spacial score (nSPS) is 15.4. The monoisotopic (exact) mass is 452 g/mol. The Balaban J connectivity index is 2.17. The van der Waals surface area contributed by atoms with E-state index in [1.54, 1.807) is 0 Å². The van der Waals surface area contributed by atoms with Gasteiger partial charge in [-0.2, -0.15) is 0 Å². The summed E-state index contributed by atoms with van der Waals surface area (Å²) in [5.74, 6) is 0.522. The van der Waals surface area contributed by atoms with Crippen molar-refractivity contribution in [2.24, 2.45) is 0 Å². The number of aliphatic hydroxyl groups is 4. The lowest BCUT2D eigenvalue weighted by Crippen LogP contribution is -2.50. The highest BCUT2D eigenvalue weighted by Crippen LogP contribution is 2.34. The van der Waals surface area contributed by atoms with Crippen LogP contribution in [-0.4, -0.2) is 62.0 Å². The molecule has 164 valence electrons. The van der Waals surface area contributed by atoms with Gasteiger partial charge in [0.15, 0.2) is 6.10 Å². The zero-order valence-corrected chi connectivity index (χ0v) is 18.3. The van der Waals surface area contributed by atoms with Gasteiger partial charge in [0.1, 0.15) is 18.3 Å². The number of carbonyl (C=O) groups is 1. The number of benzene rings is 2. The van der Waals surface area contributed by atoms with Crippen molar-refractivity contribution in [2.45, 2.75) is 47.4 Å². The molecule has 0 saturated carbocycles. The van der Waals surface area contributed by atoms with Gasteiger partial charge in [0.25, 0.3) is 0 Å². The molecule has 0 saturated heterocycles. The molecule has 2 aromatic carbocycles. The summed E-state index contributed by atoms with van der Waals surface area (Å²) >= 11 is 2.92. The first-order chi connectivity index (χ1) is 14.4. The number of ether oxygens (including phenoxy) is 1. The number of rotatable bonds is 12. The maximum Gasteiger partial charge on any atom is 0.303 e. The van der Waals surface area contributed by atoms with Crippen LogP contribution in [0.3, 0.4) is 0 Å². The Labute approximate surface area is 185 Å². The highest BCUT2D eigenvalue weighted by Gasteiger charge is 2.39. The average Bonchev–Trinajstić information content (AvgIpc) is 2.77. The Kier molecular flexibility index (Phi) is 10.7. The smallest absolute Gasteiger partial charge is 0.303 e. The zero-order chi connectivity index (χ0) is 21.9. The van der Waals surface area contributed by atoms with Crippen LogP contribution in [0.15, 0.2) is 60.7 Å². The third-order valence-corrected chi connectivity index (χ3v) is 7.38. The lowest BCUT2D eigenvalue weighted by molar-refractivity contribution is -0.170. The first kappa shape index (κ1) is 24.7. The van der Waals surface area contributed by atoms with E-state index >= 15 is 0 Å². The molecule has 8 heteroatoms. The van der Waals surface area contributed by atoms with Crippen LogP contribution in [-0.2, 0) is 21.0 Å². The van der Waals surface area contributed by atoms with E-state index in [9.17, 15) is 25.2 Å². The highest BCUT2D eigenvalue weighted by atomic mass is 32.2. The summed E-state index contributed by atoms with van der Waals surface area (Å²) in [5, 5.41) is 40.4. The summed E-state index contributed by atoms with van der Waals surface area (Å²) in [5.41, 5.74) is 2.14. The van der Waals surface area contributed by atoms with Gasteiger partial charge in [-0.15, -0.1) is 23.5 Å². The van der Waals surface area contributed by atoms with E-state index < -0.39 is 41.6 Å². The van der Waals surface area contributed by atoms with Crippen molar-refractivity contribution < 1.29 is 30.0 Å². The number of carbonyl (C=O) groups excluding carboxylic acids is 1. The number of thioether (sulfide) groups is 2. The molecule has 6 nitrogen and oxygen atoms in total. The van der Waals surface area contributed by atoms with Gasteiger partial charge in [0, 0.05) is 18.4 Å². The van der Waals surface area contributed by atoms with Gasteiger partial charge in [0.2, 0.25) is 0 Å². The van der Waals surface area contributed by atoms with Gasteiger partial charge in [-0.1, -0.05) is 60.7 Å². The van der Waals surface area contributed by atoms with Crippen molar-refractivity contribution in [2.75, 3.05) is 6.61 Å². The first-order valence-electron chi connectivity index (χ1n) is 9.55. The van der Waals surface area contributed by atoms with Crippen molar-refractivity contribution >= 4 is 29.5 Å². The second-order valence-corrected chi connectivity index (χ2v) is 9.32. The first-order valence-corrected chi connectivity index (χ1v) is 11.7. The van der Waals surface area contributed by atoms with Gasteiger partial charge >= 0.3 is 5.97 Å². The van der Waals surface area contributed by atoms with E-state index in [0.717, 1.165) is 11.1 Å².